The summed E-state index contributed by atoms with van der Waals surface area (Å²) in [5.74, 6) is 1.35. The van der Waals surface area contributed by atoms with Gasteiger partial charge in [-0.05, 0) is 28.7 Å². The lowest BCUT2D eigenvalue weighted by molar-refractivity contribution is 0.573. The molecule has 1 aliphatic rings. The number of aromatic nitrogens is 3. The molecule has 0 fully saturated rings. The number of thioether (sulfide) groups is 1. The quantitative estimate of drug-likeness (QED) is 0.746. The number of benzene rings is 1. The Labute approximate surface area is 144 Å². The van der Waals surface area contributed by atoms with E-state index in [9.17, 15) is 0 Å². The van der Waals surface area contributed by atoms with Crippen LogP contribution < -0.4 is 5.43 Å². The Kier molecular flexibility index (Phi) is 3.49. The molecule has 0 radical (unpaired) electrons. The van der Waals surface area contributed by atoms with Crippen molar-refractivity contribution in [2.75, 3.05) is 5.43 Å². The van der Waals surface area contributed by atoms with Gasteiger partial charge in [-0.1, -0.05) is 56.8 Å². The first-order valence-electron chi connectivity index (χ1n) is 7.76. The number of hydrogen-bond acceptors (Lipinski definition) is 5. The molecule has 1 aromatic carbocycles. The molecule has 4 rings (SSSR count). The van der Waals surface area contributed by atoms with Crippen molar-refractivity contribution in [3.05, 3.63) is 59.2 Å². The molecule has 0 bridgehead atoms. The number of furan rings is 1. The lowest BCUT2D eigenvalue weighted by Gasteiger charge is -2.21. The van der Waals surface area contributed by atoms with E-state index < -0.39 is 0 Å². The van der Waals surface area contributed by atoms with Gasteiger partial charge in [-0.15, -0.1) is 10.2 Å². The van der Waals surface area contributed by atoms with E-state index in [-0.39, 0.29) is 5.41 Å². The van der Waals surface area contributed by atoms with Gasteiger partial charge in [0, 0.05) is 5.41 Å². The molecule has 122 valence electrons. The normalized spacial score (nSPS) is 14.0. The Morgan fingerprint density at radius 2 is 1.88 bits per heavy atom. The third kappa shape index (κ3) is 2.63. The summed E-state index contributed by atoms with van der Waals surface area (Å²) in [4.78, 5) is 0. The van der Waals surface area contributed by atoms with E-state index in [4.69, 9.17) is 4.42 Å². The van der Waals surface area contributed by atoms with Crippen molar-refractivity contribution >= 4 is 17.5 Å². The fraction of sp³-hybridized carbons (Fsp3) is 0.222. The van der Waals surface area contributed by atoms with Crippen molar-refractivity contribution in [3.63, 3.8) is 0 Å². The van der Waals surface area contributed by atoms with Crippen LogP contribution in [0.25, 0.3) is 17.3 Å². The van der Waals surface area contributed by atoms with Crippen molar-refractivity contribution in [3.8, 4) is 11.6 Å². The Bertz CT molecular complexity index is 886. The van der Waals surface area contributed by atoms with Crippen LogP contribution >= 0.6 is 11.8 Å². The zero-order valence-electron chi connectivity index (χ0n) is 13.8. The molecule has 1 N–H and O–H groups in total. The van der Waals surface area contributed by atoms with E-state index in [1.54, 1.807) is 18.0 Å². The summed E-state index contributed by atoms with van der Waals surface area (Å²) >= 11 is 1.54. The van der Waals surface area contributed by atoms with Crippen LogP contribution in [0, 0.1) is 0 Å². The van der Waals surface area contributed by atoms with E-state index in [2.05, 4.69) is 66.1 Å². The van der Waals surface area contributed by atoms with Gasteiger partial charge in [-0.3, -0.25) is 5.43 Å². The van der Waals surface area contributed by atoms with E-state index >= 15 is 0 Å². The van der Waals surface area contributed by atoms with Gasteiger partial charge < -0.3 is 4.42 Å². The highest BCUT2D eigenvalue weighted by Crippen LogP contribution is 2.32. The highest BCUT2D eigenvalue weighted by Gasteiger charge is 2.21. The van der Waals surface area contributed by atoms with E-state index in [0.29, 0.717) is 11.6 Å². The molecule has 0 aliphatic carbocycles. The SMILES string of the molecule is CC(C)(C)c1ccc(C2=CSc3nnc(-c4ccco4)n3N2)cc1. The van der Waals surface area contributed by atoms with Gasteiger partial charge in [-0.2, -0.15) is 0 Å². The van der Waals surface area contributed by atoms with Crippen LogP contribution in [-0.2, 0) is 5.41 Å². The highest BCUT2D eigenvalue weighted by molar-refractivity contribution is 8.02. The molecule has 0 saturated carbocycles. The van der Waals surface area contributed by atoms with Gasteiger partial charge in [0.05, 0.1) is 12.0 Å². The van der Waals surface area contributed by atoms with Crippen molar-refractivity contribution in [1.82, 2.24) is 14.9 Å². The van der Waals surface area contributed by atoms with Crippen LogP contribution in [-0.4, -0.2) is 14.9 Å². The molecule has 1 aliphatic heterocycles. The van der Waals surface area contributed by atoms with Crippen LogP contribution in [0.15, 0.2) is 57.6 Å². The second-order valence-electron chi connectivity index (χ2n) is 6.71. The van der Waals surface area contributed by atoms with Crippen molar-refractivity contribution < 1.29 is 4.42 Å². The van der Waals surface area contributed by atoms with Crippen LogP contribution in [0.2, 0.25) is 0 Å². The summed E-state index contributed by atoms with van der Waals surface area (Å²) < 4.78 is 7.30. The van der Waals surface area contributed by atoms with Crippen LogP contribution in [0.4, 0.5) is 0 Å². The van der Waals surface area contributed by atoms with Crippen molar-refractivity contribution in [2.45, 2.75) is 31.3 Å². The Morgan fingerprint density at radius 1 is 1.08 bits per heavy atom. The Balaban J connectivity index is 1.64. The number of fused-ring (bicyclic) bond motifs is 1. The molecule has 0 saturated heterocycles. The summed E-state index contributed by atoms with van der Waals surface area (Å²) in [6, 6.07) is 12.4. The van der Waals surface area contributed by atoms with Crippen LogP contribution in [0.5, 0.6) is 0 Å². The van der Waals surface area contributed by atoms with Crippen LogP contribution in [0.3, 0.4) is 0 Å². The number of nitrogens with one attached hydrogen (secondary N) is 1. The van der Waals surface area contributed by atoms with Gasteiger partial charge in [0.1, 0.15) is 0 Å². The molecule has 6 heteroatoms. The standard InChI is InChI=1S/C18H18N4OS/c1-18(2,3)13-8-6-12(7-9-13)14-11-24-17-20-19-16(22(17)21-14)15-5-4-10-23-15/h4-11,21H,1-3H3. The minimum atomic E-state index is 0.148. The summed E-state index contributed by atoms with van der Waals surface area (Å²) in [7, 11) is 0. The van der Waals surface area contributed by atoms with Gasteiger partial charge >= 0.3 is 0 Å². The zero-order chi connectivity index (χ0) is 16.7. The average molecular weight is 338 g/mol. The van der Waals surface area contributed by atoms with E-state index in [0.717, 1.165) is 16.4 Å². The lowest BCUT2D eigenvalue weighted by Crippen LogP contribution is -2.18. The predicted octanol–water partition coefficient (Wildman–Crippen LogP) is 4.48. The largest absolute Gasteiger partial charge is 0.461 e. The maximum absolute atomic E-state index is 5.45. The molecule has 0 unspecified atom stereocenters. The smallest absolute Gasteiger partial charge is 0.219 e. The first-order chi connectivity index (χ1) is 11.5. The maximum Gasteiger partial charge on any atom is 0.219 e. The lowest BCUT2D eigenvalue weighted by atomic mass is 9.86. The van der Waals surface area contributed by atoms with Gasteiger partial charge in [0.15, 0.2) is 5.76 Å². The summed E-state index contributed by atoms with van der Waals surface area (Å²) in [5, 5.41) is 11.3. The summed E-state index contributed by atoms with van der Waals surface area (Å²) in [6.07, 6.45) is 1.63. The number of rotatable bonds is 2. The Morgan fingerprint density at radius 3 is 2.54 bits per heavy atom. The molecule has 24 heavy (non-hydrogen) atoms. The zero-order valence-corrected chi connectivity index (χ0v) is 14.6. The third-order valence-corrected chi connectivity index (χ3v) is 4.78. The van der Waals surface area contributed by atoms with Gasteiger partial charge in [0.2, 0.25) is 11.0 Å². The molecular weight excluding hydrogens is 320 g/mol. The molecule has 0 amide bonds. The minimum Gasteiger partial charge on any atom is -0.461 e. The third-order valence-electron chi connectivity index (χ3n) is 3.95. The second-order valence-corrected chi connectivity index (χ2v) is 7.54. The molecule has 3 heterocycles. The minimum absolute atomic E-state index is 0.148. The van der Waals surface area contributed by atoms with E-state index in [1.165, 1.54) is 5.56 Å². The maximum atomic E-state index is 5.45. The first-order valence-corrected chi connectivity index (χ1v) is 8.64. The second kappa shape index (κ2) is 5.56. The summed E-state index contributed by atoms with van der Waals surface area (Å²) in [6.45, 7) is 6.65. The average Bonchev–Trinajstić information content (AvgIpc) is 3.22. The van der Waals surface area contributed by atoms with Gasteiger partial charge in [-0.25, -0.2) is 4.68 Å². The molecule has 0 spiro atoms. The molecule has 0 atom stereocenters. The number of hydrogen-bond donors (Lipinski definition) is 1. The molecule has 3 aromatic rings. The predicted molar refractivity (Wildman–Crippen MR) is 96.1 cm³/mol. The van der Waals surface area contributed by atoms with Crippen LogP contribution in [0.1, 0.15) is 31.9 Å². The van der Waals surface area contributed by atoms with Crippen molar-refractivity contribution in [1.29, 1.82) is 0 Å². The van der Waals surface area contributed by atoms with Gasteiger partial charge in [0.25, 0.3) is 0 Å². The fourth-order valence-electron chi connectivity index (χ4n) is 2.55. The monoisotopic (exact) mass is 338 g/mol. The molecule has 5 nitrogen and oxygen atoms in total. The highest BCUT2D eigenvalue weighted by atomic mass is 32.2. The summed E-state index contributed by atoms with van der Waals surface area (Å²) in [5.41, 5.74) is 6.98. The fourth-order valence-corrected chi connectivity index (χ4v) is 3.29. The molecular formula is C18H18N4OS. The Hall–Kier alpha value is -2.47. The first kappa shape index (κ1) is 15.1. The number of nitrogens with zero attached hydrogens (tertiary/aromatic N) is 3. The van der Waals surface area contributed by atoms with E-state index in [1.807, 2.05) is 16.8 Å². The molecule has 2 aromatic heterocycles. The topological polar surface area (TPSA) is 55.9 Å². The van der Waals surface area contributed by atoms with Crippen molar-refractivity contribution in [2.24, 2.45) is 0 Å².